The average molecular weight is 247 g/mol. The molecule has 0 aliphatic carbocycles. The number of amides is 1. The van der Waals surface area contributed by atoms with Gasteiger partial charge in [-0.25, -0.2) is 9.37 Å². The molecule has 1 aromatic carbocycles. The van der Waals surface area contributed by atoms with Gasteiger partial charge in [0.05, 0.1) is 6.20 Å². The molecule has 1 amide bonds. The Morgan fingerprint density at radius 2 is 2.22 bits per heavy atom. The Morgan fingerprint density at radius 1 is 1.39 bits per heavy atom. The highest BCUT2D eigenvalue weighted by Crippen LogP contribution is 2.13. The van der Waals surface area contributed by atoms with Crippen LogP contribution in [0.4, 0.5) is 4.39 Å². The van der Waals surface area contributed by atoms with Gasteiger partial charge in [-0.1, -0.05) is 0 Å². The molecule has 0 aliphatic rings. The fourth-order valence-corrected chi connectivity index (χ4v) is 1.35. The minimum atomic E-state index is -0.615. The molecule has 92 valence electrons. The molecular weight excluding hydrogens is 237 g/mol. The van der Waals surface area contributed by atoms with Gasteiger partial charge in [0.15, 0.2) is 0 Å². The summed E-state index contributed by atoms with van der Waals surface area (Å²) in [4.78, 5) is 18.7. The first-order chi connectivity index (χ1) is 8.66. The number of nitrogens with zero attached hydrogens (tertiary/aromatic N) is 2. The third-order valence-electron chi connectivity index (χ3n) is 2.25. The molecule has 0 bridgehead atoms. The van der Waals surface area contributed by atoms with Crippen LogP contribution in [0.5, 0.6) is 5.88 Å². The maximum absolute atomic E-state index is 13.5. The summed E-state index contributed by atoms with van der Waals surface area (Å²) in [7, 11) is 0. The highest BCUT2D eigenvalue weighted by Gasteiger charge is 2.08. The number of ether oxygens (including phenoxy) is 1. The largest absolute Gasteiger partial charge is 0.472 e. The number of carbonyl (C=O) groups is 1. The second kappa shape index (κ2) is 5.22. The number of hydrogen-bond donors (Lipinski definition) is 1. The van der Waals surface area contributed by atoms with Gasteiger partial charge in [-0.3, -0.25) is 9.78 Å². The smallest absolute Gasteiger partial charge is 0.248 e. The van der Waals surface area contributed by atoms with Crippen molar-refractivity contribution in [1.29, 1.82) is 0 Å². The Kier molecular flexibility index (Phi) is 3.47. The molecule has 2 rings (SSSR count). The van der Waals surface area contributed by atoms with E-state index in [0.29, 0.717) is 0 Å². The van der Waals surface area contributed by atoms with Gasteiger partial charge in [-0.2, -0.15) is 0 Å². The molecule has 18 heavy (non-hydrogen) atoms. The number of benzene rings is 1. The summed E-state index contributed by atoms with van der Waals surface area (Å²) >= 11 is 0. The normalized spacial score (nSPS) is 10.1. The van der Waals surface area contributed by atoms with E-state index in [1.165, 1.54) is 36.8 Å². The Hall–Kier alpha value is -2.50. The standard InChI is InChI=1S/C12H10FN3O2/c13-10-2-1-8(12(14)17)5-9(10)7-18-11-6-15-3-4-16-11/h1-6H,7H2,(H2,14,17). The molecule has 6 heteroatoms. The van der Waals surface area contributed by atoms with E-state index >= 15 is 0 Å². The second-order valence-electron chi connectivity index (χ2n) is 3.50. The molecule has 5 nitrogen and oxygen atoms in total. The van der Waals surface area contributed by atoms with Crippen LogP contribution in [0.2, 0.25) is 0 Å². The third kappa shape index (κ3) is 2.79. The van der Waals surface area contributed by atoms with Crippen LogP contribution in [-0.2, 0) is 6.61 Å². The van der Waals surface area contributed by atoms with Gasteiger partial charge in [-0.15, -0.1) is 0 Å². The van der Waals surface area contributed by atoms with Gasteiger partial charge >= 0.3 is 0 Å². The van der Waals surface area contributed by atoms with E-state index in [1.807, 2.05) is 0 Å². The summed E-state index contributed by atoms with van der Waals surface area (Å²) < 4.78 is 18.7. The summed E-state index contributed by atoms with van der Waals surface area (Å²) in [6.07, 6.45) is 4.38. The van der Waals surface area contributed by atoms with Crippen molar-refractivity contribution in [1.82, 2.24) is 9.97 Å². The number of aromatic nitrogens is 2. The molecule has 1 heterocycles. The van der Waals surface area contributed by atoms with Crippen LogP contribution in [-0.4, -0.2) is 15.9 Å². The number of primary amides is 1. The average Bonchev–Trinajstić information content (AvgIpc) is 2.38. The van der Waals surface area contributed by atoms with E-state index < -0.39 is 11.7 Å². The van der Waals surface area contributed by atoms with Gasteiger partial charge in [0, 0.05) is 23.5 Å². The van der Waals surface area contributed by atoms with E-state index in [2.05, 4.69) is 9.97 Å². The molecule has 2 N–H and O–H groups in total. The topological polar surface area (TPSA) is 78.1 Å². The molecule has 0 saturated heterocycles. The van der Waals surface area contributed by atoms with Gasteiger partial charge < -0.3 is 10.5 Å². The van der Waals surface area contributed by atoms with Crippen molar-refractivity contribution in [2.24, 2.45) is 5.73 Å². The first-order valence-corrected chi connectivity index (χ1v) is 5.14. The van der Waals surface area contributed by atoms with Crippen LogP contribution in [0.15, 0.2) is 36.8 Å². The summed E-state index contributed by atoms with van der Waals surface area (Å²) in [6, 6.07) is 3.85. The number of rotatable bonds is 4. The van der Waals surface area contributed by atoms with Crippen LogP contribution in [0.3, 0.4) is 0 Å². The lowest BCUT2D eigenvalue weighted by molar-refractivity contribution is 0.1000. The van der Waals surface area contributed by atoms with E-state index in [-0.39, 0.29) is 23.6 Å². The van der Waals surface area contributed by atoms with Crippen LogP contribution in [0.1, 0.15) is 15.9 Å². The van der Waals surface area contributed by atoms with E-state index in [0.717, 1.165) is 0 Å². The van der Waals surface area contributed by atoms with Crippen LogP contribution >= 0.6 is 0 Å². The van der Waals surface area contributed by atoms with Crippen molar-refractivity contribution in [2.75, 3.05) is 0 Å². The summed E-state index contributed by atoms with van der Waals surface area (Å²) in [5.41, 5.74) is 5.58. The predicted molar refractivity (Wildman–Crippen MR) is 61.3 cm³/mol. The van der Waals surface area contributed by atoms with Gasteiger partial charge in [0.1, 0.15) is 12.4 Å². The van der Waals surface area contributed by atoms with Crippen molar-refractivity contribution < 1.29 is 13.9 Å². The van der Waals surface area contributed by atoms with Crippen molar-refractivity contribution in [3.63, 3.8) is 0 Å². The SMILES string of the molecule is NC(=O)c1ccc(F)c(COc2cnccn2)c1. The highest BCUT2D eigenvalue weighted by molar-refractivity contribution is 5.92. The maximum atomic E-state index is 13.5. The fourth-order valence-electron chi connectivity index (χ4n) is 1.35. The zero-order valence-electron chi connectivity index (χ0n) is 9.34. The molecule has 0 spiro atoms. The van der Waals surface area contributed by atoms with E-state index in [4.69, 9.17) is 10.5 Å². The van der Waals surface area contributed by atoms with Gasteiger partial charge in [-0.05, 0) is 18.2 Å². The zero-order valence-corrected chi connectivity index (χ0v) is 9.34. The Morgan fingerprint density at radius 3 is 2.89 bits per heavy atom. The number of halogens is 1. The molecular formula is C12H10FN3O2. The molecule has 0 saturated carbocycles. The van der Waals surface area contributed by atoms with Crippen LogP contribution < -0.4 is 10.5 Å². The molecule has 0 radical (unpaired) electrons. The molecule has 2 aromatic rings. The number of hydrogen-bond acceptors (Lipinski definition) is 4. The zero-order chi connectivity index (χ0) is 13.0. The fraction of sp³-hybridized carbons (Fsp3) is 0.0833. The lowest BCUT2D eigenvalue weighted by Gasteiger charge is -2.06. The quantitative estimate of drug-likeness (QED) is 0.883. The lowest BCUT2D eigenvalue weighted by atomic mass is 10.1. The molecule has 0 fully saturated rings. The summed E-state index contributed by atoms with van der Waals surface area (Å²) in [6.45, 7) is -0.0500. The summed E-state index contributed by atoms with van der Waals surface area (Å²) in [5, 5.41) is 0. The van der Waals surface area contributed by atoms with Gasteiger partial charge in [0.25, 0.3) is 0 Å². The Bertz CT molecular complexity index is 561. The molecule has 0 aliphatic heterocycles. The highest BCUT2D eigenvalue weighted by atomic mass is 19.1. The van der Waals surface area contributed by atoms with Crippen molar-refractivity contribution >= 4 is 5.91 Å². The van der Waals surface area contributed by atoms with E-state index in [1.54, 1.807) is 0 Å². The minimum Gasteiger partial charge on any atom is -0.472 e. The van der Waals surface area contributed by atoms with Crippen LogP contribution in [0, 0.1) is 5.82 Å². The number of carbonyl (C=O) groups excluding carboxylic acids is 1. The lowest BCUT2D eigenvalue weighted by Crippen LogP contribution is -2.12. The first-order valence-electron chi connectivity index (χ1n) is 5.14. The van der Waals surface area contributed by atoms with Crippen molar-refractivity contribution in [2.45, 2.75) is 6.61 Å². The Balaban J connectivity index is 2.14. The number of nitrogens with two attached hydrogens (primary N) is 1. The monoisotopic (exact) mass is 247 g/mol. The Labute approximate surface area is 102 Å². The van der Waals surface area contributed by atoms with E-state index in [9.17, 15) is 9.18 Å². The minimum absolute atomic E-state index is 0.0500. The second-order valence-corrected chi connectivity index (χ2v) is 3.50. The molecule has 0 atom stereocenters. The van der Waals surface area contributed by atoms with Crippen LogP contribution in [0.25, 0.3) is 0 Å². The first kappa shape index (κ1) is 12.0. The third-order valence-corrected chi connectivity index (χ3v) is 2.25. The maximum Gasteiger partial charge on any atom is 0.248 e. The predicted octanol–water partition coefficient (Wildman–Crippen LogP) is 1.29. The van der Waals surface area contributed by atoms with Gasteiger partial charge in [0.2, 0.25) is 11.8 Å². The molecule has 1 aromatic heterocycles. The van der Waals surface area contributed by atoms with Crippen molar-refractivity contribution in [3.8, 4) is 5.88 Å². The summed E-state index contributed by atoms with van der Waals surface area (Å²) in [5.74, 6) is -0.805. The van der Waals surface area contributed by atoms with Crippen molar-refractivity contribution in [3.05, 3.63) is 53.7 Å². The molecule has 0 unspecified atom stereocenters.